The SMILES string of the molecule is COCC(=O)N[C@H](C(=O)N(C)CC(C)(C)CN)C(C)C. The molecule has 6 heteroatoms. The summed E-state index contributed by atoms with van der Waals surface area (Å²) in [6, 6.07) is -0.545. The van der Waals surface area contributed by atoms with Crippen molar-refractivity contribution in [2.45, 2.75) is 33.7 Å². The van der Waals surface area contributed by atoms with E-state index in [0.29, 0.717) is 13.1 Å². The largest absolute Gasteiger partial charge is 0.375 e. The van der Waals surface area contributed by atoms with Crippen molar-refractivity contribution in [2.75, 3.05) is 33.9 Å². The Morgan fingerprint density at radius 3 is 2.30 bits per heavy atom. The van der Waals surface area contributed by atoms with Crippen LogP contribution in [0.5, 0.6) is 0 Å². The van der Waals surface area contributed by atoms with E-state index < -0.39 is 6.04 Å². The highest BCUT2D eigenvalue weighted by atomic mass is 16.5. The normalized spacial score (nSPS) is 13.2. The van der Waals surface area contributed by atoms with E-state index in [2.05, 4.69) is 5.32 Å². The third kappa shape index (κ3) is 6.34. The fourth-order valence-electron chi connectivity index (χ4n) is 1.88. The molecule has 0 fully saturated rings. The van der Waals surface area contributed by atoms with Gasteiger partial charge in [0.05, 0.1) is 0 Å². The zero-order valence-corrected chi connectivity index (χ0v) is 13.5. The molecule has 0 rings (SSSR count). The molecule has 0 heterocycles. The average Bonchev–Trinajstić information content (AvgIpc) is 2.34. The summed E-state index contributed by atoms with van der Waals surface area (Å²) in [6.45, 7) is 8.80. The Bertz CT molecular complexity index is 330. The number of methoxy groups -OCH3 is 1. The van der Waals surface area contributed by atoms with Crippen molar-refractivity contribution in [1.82, 2.24) is 10.2 Å². The molecule has 0 saturated carbocycles. The summed E-state index contributed by atoms with van der Waals surface area (Å²) in [6.07, 6.45) is 0. The Morgan fingerprint density at radius 2 is 1.90 bits per heavy atom. The number of nitrogens with one attached hydrogen (secondary N) is 1. The van der Waals surface area contributed by atoms with Crippen LogP contribution in [-0.4, -0.2) is 56.6 Å². The molecule has 0 aliphatic heterocycles. The van der Waals surface area contributed by atoms with Crippen LogP contribution in [0.25, 0.3) is 0 Å². The number of amides is 2. The van der Waals surface area contributed by atoms with Crippen LogP contribution in [-0.2, 0) is 14.3 Å². The minimum absolute atomic E-state index is 0.00625. The zero-order valence-electron chi connectivity index (χ0n) is 13.5. The quantitative estimate of drug-likeness (QED) is 0.668. The molecule has 0 aliphatic rings. The van der Waals surface area contributed by atoms with Crippen molar-refractivity contribution in [3.63, 3.8) is 0 Å². The van der Waals surface area contributed by atoms with Crippen LogP contribution in [0.1, 0.15) is 27.7 Å². The van der Waals surface area contributed by atoms with Crippen molar-refractivity contribution in [3.05, 3.63) is 0 Å². The molecule has 20 heavy (non-hydrogen) atoms. The van der Waals surface area contributed by atoms with Gasteiger partial charge in [0.2, 0.25) is 11.8 Å². The van der Waals surface area contributed by atoms with E-state index in [0.717, 1.165) is 0 Å². The summed E-state index contributed by atoms with van der Waals surface area (Å²) < 4.78 is 4.77. The third-order valence-corrected chi connectivity index (χ3v) is 3.12. The molecule has 118 valence electrons. The summed E-state index contributed by atoms with van der Waals surface area (Å²) in [7, 11) is 3.18. The molecule has 3 N–H and O–H groups in total. The summed E-state index contributed by atoms with van der Waals surface area (Å²) in [5, 5.41) is 2.72. The predicted molar refractivity (Wildman–Crippen MR) is 79.1 cm³/mol. The second kappa shape index (κ2) is 8.21. The van der Waals surface area contributed by atoms with Gasteiger partial charge >= 0.3 is 0 Å². The minimum Gasteiger partial charge on any atom is -0.375 e. The van der Waals surface area contributed by atoms with Gasteiger partial charge in [-0.1, -0.05) is 27.7 Å². The number of rotatable bonds is 8. The smallest absolute Gasteiger partial charge is 0.246 e. The molecule has 0 saturated heterocycles. The second-order valence-corrected chi connectivity index (χ2v) is 6.28. The number of nitrogens with zero attached hydrogens (tertiary/aromatic N) is 1. The summed E-state index contributed by atoms with van der Waals surface area (Å²) in [5.41, 5.74) is 5.54. The topological polar surface area (TPSA) is 84.7 Å². The van der Waals surface area contributed by atoms with Crippen molar-refractivity contribution in [1.29, 1.82) is 0 Å². The summed E-state index contributed by atoms with van der Waals surface area (Å²) >= 11 is 0. The maximum absolute atomic E-state index is 12.4. The second-order valence-electron chi connectivity index (χ2n) is 6.28. The van der Waals surface area contributed by atoms with Gasteiger partial charge in [0.1, 0.15) is 12.6 Å². The lowest BCUT2D eigenvalue weighted by molar-refractivity contribution is -0.138. The van der Waals surface area contributed by atoms with E-state index >= 15 is 0 Å². The molecule has 0 aliphatic carbocycles. The van der Waals surface area contributed by atoms with Crippen LogP contribution in [0, 0.1) is 11.3 Å². The lowest BCUT2D eigenvalue weighted by Crippen LogP contribution is -2.53. The maximum atomic E-state index is 12.4. The Morgan fingerprint density at radius 1 is 1.35 bits per heavy atom. The average molecular weight is 287 g/mol. The fourth-order valence-corrected chi connectivity index (χ4v) is 1.88. The number of nitrogens with two attached hydrogens (primary N) is 1. The van der Waals surface area contributed by atoms with E-state index in [1.807, 2.05) is 27.7 Å². The van der Waals surface area contributed by atoms with E-state index in [1.165, 1.54) is 7.11 Å². The van der Waals surface area contributed by atoms with E-state index in [1.54, 1.807) is 11.9 Å². The summed E-state index contributed by atoms with van der Waals surface area (Å²) in [5.74, 6) is -0.385. The van der Waals surface area contributed by atoms with Crippen molar-refractivity contribution in [3.8, 4) is 0 Å². The third-order valence-electron chi connectivity index (χ3n) is 3.12. The molecular weight excluding hydrogens is 258 g/mol. The number of hydrogen-bond acceptors (Lipinski definition) is 4. The molecule has 0 aromatic heterocycles. The molecule has 0 unspecified atom stereocenters. The monoisotopic (exact) mass is 287 g/mol. The number of carbonyl (C=O) groups excluding carboxylic acids is 2. The van der Waals surface area contributed by atoms with Crippen LogP contribution in [0.4, 0.5) is 0 Å². The first-order valence-electron chi connectivity index (χ1n) is 6.88. The molecule has 0 spiro atoms. The first-order chi connectivity index (χ1) is 9.14. The first-order valence-corrected chi connectivity index (χ1v) is 6.88. The molecule has 1 atom stereocenters. The van der Waals surface area contributed by atoms with Crippen LogP contribution in [0.15, 0.2) is 0 Å². The lowest BCUT2D eigenvalue weighted by Gasteiger charge is -2.32. The first kappa shape index (κ1) is 18.9. The van der Waals surface area contributed by atoms with Gasteiger partial charge in [0.25, 0.3) is 0 Å². The molecule has 0 aromatic rings. The highest BCUT2D eigenvalue weighted by Crippen LogP contribution is 2.15. The standard InChI is InChI=1S/C14H29N3O3/c1-10(2)12(16-11(18)7-20-6)13(19)17(5)9-14(3,4)8-15/h10,12H,7-9,15H2,1-6H3,(H,16,18)/t12-/m0/s1. The Labute approximate surface area is 122 Å². The van der Waals surface area contributed by atoms with Gasteiger partial charge < -0.3 is 20.7 Å². The van der Waals surface area contributed by atoms with Gasteiger partial charge in [0, 0.05) is 20.7 Å². The Balaban J connectivity index is 4.76. The van der Waals surface area contributed by atoms with Crippen molar-refractivity contribution >= 4 is 11.8 Å². The molecule has 2 amide bonds. The molecule has 0 bridgehead atoms. The highest BCUT2D eigenvalue weighted by molar-refractivity contribution is 5.88. The van der Waals surface area contributed by atoms with Crippen LogP contribution >= 0.6 is 0 Å². The Hall–Kier alpha value is -1.14. The molecule has 0 aromatic carbocycles. The van der Waals surface area contributed by atoms with Gasteiger partial charge in [-0.05, 0) is 17.9 Å². The van der Waals surface area contributed by atoms with Crippen LogP contribution < -0.4 is 11.1 Å². The van der Waals surface area contributed by atoms with Crippen LogP contribution in [0.3, 0.4) is 0 Å². The van der Waals surface area contributed by atoms with Gasteiger partial charge in [-0.15, -0.1) is 0 Å². The van der Waals surface area contributed by atoms with Gasteiger partial charge in [0.15, 0.2) is 0 Å². The maximum Gasteiger partial charge on any atom is 0.246 e. The van der Waals surface area contributed by atoms with Crippen molar-refractivity contribution < 1.29 is 14.3 Å². The van der Waals surface area contributed by atoms with Gasteiger partial charge in [-0.3, -0.25) is 9.59 Å². The number of ether oxygens (including phenoxy) is 1. The van der Waals surface area contributed by atoms with Crippen molar-refractivity contribution in [2.24, 2.45) is 17.1 Å². The van der Waals surface area contributed by atoms with E-state index in [9.17, 15) is 9.59 Å². The lowest BCUT2D eigenvalue weighted by atomic mass is 9.92. The van der Waals surface area contributed by atoms with Gasteiger partial charge in [-0.25, -0.2) is 0 Å². The van der Waals surface area contributed by atoms with Crippen LogP contribution in [0.2, 0.25) is 0 Å². The van der Waals surface area contributed by atoms with E-state index in [-0.39, 0.29) is 29.8 Å². The van der Waals surface area contributed by atoms with E-state index in [4.69, 9.17) is 10.5 Å². The molecular formula is C14H29N3O3. The molecule has 6 nitrogen and oxygen atoms in total. The number of hydrogen-bond donors (Lipinski definition) is 2. The van der Waals surface area contributed by atoms with Gasteiger partial charge in [-0.2, -0.15) is 0 Å². The number of likely N-dealkylation sites (N-methyl/N-ethyl adjacent to an activating group) is 1. The molecule has 0 radical (unpaired) electrons. The summed E-state index contributed by atoms with van der Waals surface area (Å²) in [4.78, 5) is 25.7. The number of carbonyl (C=O) groups is 2. The fraction of sp³-hybridized carbons (Fsp3) is 0.857. The minimum atomic E-state index is -0.545. The zero-order chi connectivity index (χ0) is 15.9. The highest BCUT2D eigenvalue weighted by Gasteiger charge is 2.29. The Kier molecular flexibility index (Phi) is 7.75. The predicted octanol–water partition coefficient (Wildman–Crippen LogP) is 0.217.